The lowest BCUT2D eigenvalue weighted by Crippen LogP contribution is -2.48. The molecule has 10 nitrogen and oxygen atoms in total. The minimum atomic E-state index is -0.679. The normalized spacial score (nSPS) is 14.6. The Morgan fingerprint density at radius 2 is 1.78 bits per heavy atom. The molecular formula is C25H31F2N9O. The molecule has 0 aliphatic carbocycles. The van der Waals surface area contributed by atoms with Gasteiger partial charge < -0.3 is 24.8 Å². The van der Waals surface area contributed by atoms with Crippen molar-refractivity contribution in [2.75, 3.05) is 63.6 Å². The Hall–Kier alpha value is -3.77. The van der Waals surface area contributed by atoms with E-state index < -0.39 is 11.6 Å². The van der Waals surface area contributed by atoms with Crippen molar-refractivity contribution >= 4 is 28.4 Å². The number of ether oxygens (including phenoxy) is 1. The third-order valence-corrected chi connectivity index (χ3v) is 6.32. The Balaban J connectivity index is 1.43. The number of H-pyrrole nitrogens is 2. The molecule has 0 amide bonds. The molecular weight excluding hydrogens is 480 g/mol. The van der Waals surface area contributed by atoms with Crippen LogP contribution in [0.1, 0.15) is 11.4 Å². The van der Waals surface area contributed by atoms with E-state index in [4.69, 9.17) is 4.74 Å². The van der Waals surface area contributed by atoms with Gasteiger partial charge >= 0.3 is 6.01 Å². The highest BCUT2D eigenvalue weighted by Gasteiger charge is 2.22. The predicted octanol–water partition coefficient (Wildman–Crippen LogP) is 3.80. The maximum absolute atomic E-state index is 15.2. The van der Waals surface area contributed by atoms with Crippen molar-refractivity contribution in [3.63, 3.8) is 0 Å². The zero-order chi connectivity index (χ0) is 26.1. The maximum atomic E-state index is 15.2. The van der Waals surface area contributed by atoms with Gasteiger partial charge in [-0.1, -0.05) is 0 Å². The molecule has 37 heavy (non-hydrogen) atoms. The van der Waals surface area contributed by atoms with Gasteiger partial charge in [0.25, 0.3) is 0 Å². The molecule has 5 rings (SSSR count). The number of piperazine rings is 1. The summed E-state index contributed by atoms with van der Waals surface area (Å²) in [7, 11) is 4.13. The van der Waals surface area contributed by atoms with E-state index in [1.54, 1.807) is 13.0 Å². The van der Waals surface area contributed by atoms with Crippen LogP contribution in [-0.4, -0.2) is 88.3 Å². The van der Waals surface area contributed by atoms with Gasteiger partial charge in [-0.15, -0.1) is 0 Å². The van der Waals surface area contributed by atoms with Crippen LogP contribution in [0.15, 0.2) is 24.3 Å². The molecule has 1 aliphatic rings. The second-order valence-corrected chi connectivity index (χ2v) is 9.60. The van der Waals surface area contributed by atoms with E-state index in [-0.39, 0.29) is 22.7 Å². The molecule has 0 radical (unpaired) electrons. The van der Waals surface area contributed by atoms with Gasteiger partial charge in [-0.3, -0.25) is 10.00 Å². The van der Waals surface area contributed by atoms with Gasteiger partial charge in [0.05, 0.1) is 5.52 Å². The highest BCUT2D eigenvalue weighted by Crippen LogP contribution is 2.33. The number of rotatable bonds is 8. The van der Waals surface area contributed by atoms with Crippen molar-refractivity contribution in [3.05, 3.63) is 47.3 Å². The standard InChI is InChI=1S/C25H31F2N9O/c1-15-11-17-23(27)19(13-18(26)24(17)28-15)37-25-30-20(29-21-12-16(2)32-33-21)14-22(31-25)36-9-7-35(8-10-36)6-5-34(3)4/h11-14,28H,5-10H2,1-4H3,(H2,29,30,31,32,33). The van der Waals surface area contributed by atoms with Crippen molar-refractivity contribution in [2.24, 2.45) is 0 Å². The zero-order valence-electron chi connectivity index (χ0n) is 21.4. The molecule has 1 aromatic carbocycles. The molecule has 3 aromatic heterocycles. The van der Waals surface area contributed by atoms with E-state index in [1.165, 1.54) is 0 Å². The smallest absolute Gasteiger partial charge is 0.326 e. The Kier molecular flexibility index (Phi) is 6.94. The van der Waals surface area contributed by atoms with Crippen molar-refractivity contribution in [3.8, 4) is 11.8 Å². The van der Waals surface area contributed by atoms with Crippen LogP contribution in [0.5, 0.6) is 11.8 Å². The molecule has 196 valence electrons. The minimum Gasteiger partial charge on any atom is -0.421 e. The predicted molar refractivity (Wildman–Crippen MR) is 139 cm³/mol. The third kappa shape index (κ3) is 5.65. The molecule has 3 N–H and O–H groups in total. The van der Waals surface area contributed by atoms with E-state index in [0.29, 0.717) is 23.1 Å². The molecule has 0 saturated carbocycles. The molecule has 1 fully saturated rings. The Morgan fingerprint density at radius 3 is 2.49 bits per heavy atom. The number of halogens is 2. The number of hydrogen-bond acceptors (Lipinski definition) is 8. The van der Waals surface area contributed by atoms with Crippen LogP contribution < -0.4 is 15.0 Å². The minimum absolute atomic E-state index is 0.0906. The van der Waals surface area contributed by atoms with Crippen molar-refractivity contribution in [1.82, 2.24) is 34.9 Å². The van der Waals surface area contributed by atoms with Crippen LogP contribution >= 0.6 is 0 Å². The van der Waals surface area contributed by atoms with E-state index in [9.17, 15) is 4.39 Å². The molecule has 0 unspecified atom stereocenters. The molecule has 0 atom stereocenters. The number of nitrogens with one attached hydrogen (secondary N) is 3. The van der Waals surface area contributed by atoms with Crippen molar-refractivity contribution in [2.45, 2.75) is 13.8 Å². The van der Waals surface area contributed by atoms with Gasteiger partial charge in [-0.05, 0) is 34.0 Å². The van der Waals surface area contributed by atoms with Crippen LogP contribution in [-0.2, 0) is 0 Å². The first-order chi connectivity index (χ1) is 17.7. The van der Waals surface area contributed by atoms with Gasteiger partial charge in [-0.2, -0.15) is 15.1 Å². The summed E-state index contributed by atoms with van der Waals surface area (Å²) >= 11 is 0. The number of hydrogen-bond donors (Lipinski definition) is 3. The molecule has 4 heterocycles. The summed E-state index contributed by atoms with van der Waals surface area (Å²) in [6.07, 6.45) is 0. The van der Waals surface area contributed by atoms with E-state index in [1.807, 2.05) is 19.1 Å². The number of likely N-dealkylation sites (N-methyl/N-ethyl adjacent to an activating group) is 1. The SMILES string of the molecule is Cc1cc(Nc2cc(N3CCN(CCN(C)C)CC3)nc(Oc3cc(F)c4[nH]c(C)cc4c3F)n2)n[nH]1. The summed E-state index contributed by atoms with van der Waals surface area (Å²) in [5.74, 6) is 0.0586. The third-order valence-electron chi connectivity index (χ3n) is 6.32. The average Bonchev–Trinajstić information content (AvgIpc) is 3.46. The topological polar surface area (TPSA) is 101 Å². The van der Waals surface area contributed by atoms with Crippen molar-refractivity contribution < 1.29 is 13.5 Å². The number of nitrogens with zero attached hydrogens (tertiary/aromatic N) is 6. The highest BCUT2D eigenvalue weighted by molar-refractivity contribution is 5.83. The second kappa shape index (κ2) is 10.3. The Morgan fingerprint density at radius 1 is 1.00 bits per heavy atom. The van der Waals surface area contributed by atoms with Crippen LogP contribution in [0.25, 0.3) is 10.9 Å². The lowest BCUT2D eigenvalue weighted by molar-refractivity contribution is 0.229. The summed E-state index contributed by atoms with van der Waals surface area (Å²) in [4.78, 5) is 18.5. The van der Waals surface area contributed by atoms with E-state index >= 15 is 4.39 Å². The lowest BCUT2D eigenvalue weighted by atomic mass is 10.2. The largest absolute Gasteiger partial charge is 0.421 e. The van der Waals surface area contributed by atoms with Gasteiger partial charge in [0.15, 0.2) is 23.2 Å². The Bertz CT molecular complexity index is 1390. The number of fused-ring (bicyclic) bond motifs is 1. The van der Waals surface area contributed by atoms with Crippen LogP contribution in [0.3, 0.4) is 0 Å². The number of aryl methyl sites for hydroxylation is 2. The number of aromatic nitrogens is 5. The van der Waals surface area contributed by atoms with E-state index in [2.05, 4.69) is 59.3 Å². The fourth-order valence-electron chi connectivity index (χ4n) is 4.35. The zero-order valence-corrected chi connectivity index (χ0v) is 21.4. The second-order valence-electron chi connectivity index (χ2n) is 9.60. The Labute approximate surface area is 213 Å². The number of benzene rings is 1. The summed E-state index contributed by atoms with van der Waals surface area (Å²) < 4.78 is 35.6. The van der Waals surface area contributed by atoms with Gasteiger partial charge in [0.2, 0.25) is 0 Å². The molecule has 0 spiro atoms. The first-order valence-electron chi connectivity index (χ1n) is 12.2. The monoisotopic (exact) mass is 511 g/mol. The number of anilines is 3. The maximum Gasteiger partial charge on any atom is 0.326 e. The molecule has 1 aliphatic heterocycles. The molecule has 4 aromatic rings. The molecule has 12 heteroatoms. The average molecular weight is 512 g/mol. The molecule has 1 saturated heterocycles. The first-order valence-corrected chi connectivity index (χ1v) is 12.2. The summed E-state index contributed by atoms with van der Waals surface area (Å²) in [5, 5.41) is 10.3. The van der Waals surface area contributed by atoms with Crippen LogP contribution in [0, 0.1) is 25.5 Å². The van der Waals surface area contributed by atoms with Gasteiger partial charge in [0, 0.05) is 74.2 Å². The van der Waals surface area contributed by atoms with E-state index in [0.717, 1.165) is 51.0 Å². The quantitative estimate of drug-likeness (QED) is 0.329. The summed E-state index contributed by atoms with van der Waals surface area (Å²) in [6, 6.07) is 6.11. The first kappa shape index (κ1) is 24.9. The number of aromatic amines is 2. The van der Waals surface area contributed by atoms with Crippen LogP contribution in [0.2, 0.25) is 0 Å². The fraction of sp³-hybridized carbons (Fsp3) is 0.400. The van der Waals surface area contributed by atoms with Gasteiger partial charge in [0.1, 0.15) is 11.6 Å². The summed E-state index contributed by atoms with van der Waals surface area (Å²) in [6.45, 7) is 8.93. The van der Waals surface area contributed by atoms with Gasteiger partial charge in [-0.25, -0.2) is 8.78 Å². The summed E-state index contributed by atoms with van der Waals surface area (Å²) in [5.41, 5.74) is 1.63. The highest BCUT2D eigenvalue weighted by atomic mass is 19.1. The van der Waals surface area contributed by atoms with Crippen molar-refractivity contribution in [1.29, 1.82) is 0 Å². The lowest BCUT2D eigenvalue weighted by Gasteiger charge is -2.35. The molecule has 0 bridgehead atoms. The fourth-order valence-corrected chi connectivity index (χ4v) is 4.35. The van der Waals surface area contributed by atoms with Crippen LogP contribution in [0.4, 0.5) is 26.2 Å².